The molecule has 1 saturated carbocycles. The van der Waals surface area contributed by atoms with Gasteiger partial charge in [0, 0.05) is 37.8 Å². The summed E-state index contributed by atoms with van der Waals surface area (Å²) < 4.78 is 14.4. The van der Waals surface area contributed by atoms with Gasteiger partial charge in [0.2, 0.25) is 11.9 Å². The number of aliphatic hydroxyl groups is 1. The number of carbonyl (C=O) groups excluding carboxylic acids is 1. The molecule has 0 bridgehead atoms. The molecule has 3 heterocycles. The number of amides is 1. The van der Waals surface area contributed by atoms with Crippen molar-refractivity contribution in [2.45, 2.75) is 50.7 Å². The van der Waals surface area contributed by atoms with Crippen LogP contribution in [0.15, 0.2) is 24.5 Å². The van der Waals surface area contributed by atoms with Crippen LogP contribution >= 0.6 is 0 Å². The van der Waals surface area contributed by atoms with E-state index in [9.17, 15) is 14.3 Å². The second-order valence-corrected chi connectivity index (χ2v) is 7.63. The summed E-state index contributed by atoms with van der Waals surface area (Å²) in [5.41, 5.74) is 0.399. The van der Waals surface area contributed by atoms with E-state index in [1.54, 1.807) is 25.3 Å². The fraction of sp³-hybridized carbons (Fsp3) is 0.500. The minimum atomic E-state index is -0.911. The van der Waals surface area contributed by atoms with Crippen molar-refractivity contribution in [3.05, 3.63) is 36.0 Å². The number of carbonyl (C=O) groups is 1. The molecule has 2 aromatic heterocycles. The van der Waals surface area contributed by atoms with Gasteiger partial charge in [0.15, 0.2) is 5.82 Å². The molecular weight excluding hydrogens is 361 g/mol. The van der Waals surface area contributed by atoms with Crippen LogP contribution in [0.4, 0.5) is 10.3 Å². The number of aromatic nitrogens is 3. The maximum Gasteiger partial charge on any atom is 0.223 e. The number of pyridine rings is 1. The van der Waals surface area contributed by atoms with Gasteiger partial charge >= 0.3 is 0 Å². The highest BCUT2D eigenvalue weighted by atomic mass is 19.1. The first-order valence-corrected chi connectivity index (χ1v) is 9.68. The van der Waals surface area contributed by atoms with Crippen LogP contribution < -0.4 is 5.32 Å². The second kappa shape index (κ2) is 7.43. The third kappa shape index (κ3) is 3.69. The molecular formula is C20H24FN5O2. The Labute approximate surface area is 163 Å². The predicted octanol–water partition coefficient (Wildman–Crippen LogP) is 2.47. The summed E-state index contributed by atoms with van der Waals surface area (Å²) in [5, 5.41) is 13.8. The summed E-state index contributed by atoms with van der Waals surface area (Å²) in [4.78, 5) is 26.0. The van der Waals surface area contributed by atoms with Gasteiger partial charge < -0.3 is 15.3 Å². The highest BCUT2D eigenvalue weighted by Gasteiger charge is 2.37. The number of anilines is 1. The fourth-order valence-electron chi connectivity index (χ4n) is 3.76. The summed E-state index contributed by atoms with van der Waals surface area (Å²) in [7, 11) is 0. The monoisotopic (exact) mass is 385 g/mol. The van der Waals surface area contributed by atoms with Crippen molar-refractivity contribution in [2.24, 2.45) is 0 Å². The van der Waals surface area contributed by atoms with E-state index in [1.165, 1.54) is 0 Å². The van der Waals surface area contributed by atoms with Crippen LogP contribution in [0.2, 0.25) is 0 Å². The van der Waals surface area contributed by atoms with Crippen molar-refractivity contribution < 1.29 is 14.3 Å². The van der Waals surface area contributed by atoms with Gasteiger partial charge in [-0.2, -0.15) is 0 Å². The molecule has 148 valence electrons. The zero-order valence-electron chi connectivity index (χ0n) is 15.9. The van der Waals surface area contributed by atoms with E-state index in [1.807, 2.05) is 4.90 Å². The van der Waals surface area contributed by atoms with Crippen LogP contribution in [-0.2, 0) is 10.4 Å². The predicted molar refractivity (Wildman–Crippen MR) is 102 cm³/mol. The number of nitrogens with zero attached hydrogens (tertiary/aromatic N) is 4. The van der Waals surface area contributed by atoms with E-state index in [0.717, 1.165) is 25.5 Å². The van der Waals surface area contributed by atoms with Crippen LogP contribution in [0, 0.1) is 5.82 Å². The van der Waals surface area contributed by atoms with Crippen LogP contribution in [-0.4, -0.2) is 50.0 Å². The molecule has 1 amide bonds. The molecule has 2 fully saturated rings. The van der Waals surface area contributed by atoms with E-state index in [2.05, 4.69) is 20.3 Å². The lowest BCUT2D eigenvalue weighted by Gasteiger charge is -2.36. The Morgan fingerprint density at radius 2 is 2.07 bits per heavy atom. The summed E-state index contributed by atoms with van der Waals surface area (Å²) >= 11 is 0. The normalized spacial score (nSPS) is 19.2. The summed E-state index contributed by atoms with van der Waals surface area (Å²) in [6.07, 6.45) is 6.62. The standard InChI is InChI=1S/C20H24FN5O2/c1-13(27)26-9-4-15(5-10-26)24-19-23-12-16(21)18(25-19)14-3-8-22-17(11-14)20(28)6-2-7-20/h3,8,11-12,15,28H,2,4-7,9-10H2,1H3,(H,23,24,25). The van der Waals surface area contributed by atoms with Crippen molar-refractivity contribution in [3.8, 4) is 11.3 Å². The van der Waals surface area contributed by atoms with E-state index in [-0.39, 0.29) is 17.6 Å². The van der Waals surface area contributed by atoms with Crippen LogP contribution in [0.5, 0.6) is 0 Å². The van der Waals surface area contributed by atoms with E-state index < -0.39 is 11.4 Å². The Kier molecular flexibility index (Phi) is 4.97. The molecule has 0 spiro atoms. The largest absolute Gasteiger partial charge is 0.384 e. The van der Waals surface area contributed by atoms with Gasteiger partial charge in [0.25, 0.3) is 0 Å². The molecule has 0 unspecified atom stereocenters. The minimum absolute atomic E-state index is 0.0837. The maximum absolute atomic E-state index is 14.4. The topological polar surface area (TPSA) is 91.2 Å². The first-order valence-electron chi connectivity index (χ1n) is 9.68. The number of hydrogen-bond acceptors (Lipinski definition) is 6. The Hall–Kier alpha value is -2.61. The highest BCUT2D eigenvalue weighted by Crippen LogP contribution is 2.40. The molecule has 1 saturated heterocycles. The number of likely N-dealkylation sites (tertiary alicyclic amines) is 1. The maximum atomic E-state index is 14.4. The first-order chi connectivity index (χ1) is 13.4. The number of piperidine rings is 1. The van der Waals surface area contributed by atoms with Gasteiger partial charge in [0.05, 0.1) is 11.9 Å². The van der Waals surface area contributed by atoms with Crippen LogP contribution in [0.3, 0.4) is 0 Å². The summed E-state index contributed by atoms with van der Waals surface area (Å²) in [6, 6.07) is 3.53. The molecule has 0 radical (unpaired) electrons. The van der Waals surface area contributed by atoms with Crippen LogP contribution in [0.1, 0.15) is 44.7 Å². The van der Waals surface area contributed by atoms with Crippen molar-refractivity contribution in [2.75, 3.05) is 18.4 Å². The van der Waals surface area contributed by atoms with Crippen molar-refractivity contribution in [3.63, 3.8) is 0 Å². The molecule has 0 atom stereocenters. The minimum Gasteiger partial charge on any atom is -0.384 e. The van der Waals surface area contributed by atoms with Crippen molar-refractivity contribution in [1.29, 1.82) is 0 Å². The zero-order chi connectivity index (χ0) is 19.7. The van der Waals surface area contributed by atoms with Crippen molar-refractivity contribution >= 4 is 11.9 Å². The first kappa shape index (κ1) is 18.7. The number of hydrogen-bond donors (Lipinski definition) is 2. The molecule has 7 nitrogen and oxygen atoms in total. The van der Waals surface area contributed by atoms with Gasteiger partial charge in [-0.15, -0.1) is 0 Å². The Balaban J connectivity index is 1.52. The SMILES string of the molecule is CC(=O)N1CCC(Nc2ncc(F)c(-c3ccnc(C4(O)CCC4)c3)n2)CC1. The molecule has 0 aromatic carbocycles. The molecule has 8 heteroatoms. The molecule has 4 rings (SSSR count). The van der Waals surface area contributed by atoms with E-state index >= 15 is 0 Å². The van der Waals surface area contributed by atoms with Gasteiger partial charge in [0.1, 0.15) is 11.3 Å². The van der Waals surface area contributed by atoms with E-state index in [4.69, 9.17) is 0 Å². The third-order valence-corrected chi connectivity index (χ3v) is 5.71. The third-order valence-electron chi connectivity index (χ3n) is 5.71. The molecule has 1 aliphatic heterocycles. The van der Waals surface area contributed by atoms with Gasteiger partial charge in [-0.05, 0) is 44.2 Å². The summed E-state index contributed by atoms with van der Waals surface area (Å²) in [5.74, 6) is -0.0755. The number of nitrogens with one attached hydrogen (secondary N) is 1. The highest BCUT2D eigenvalue weighted by molar-refractivity contribution is 5.73. The number of rotatable bonds is 4. The fourth-order valence-corrected chi connectivity index (χ4v) is 3.76. The number of halogens is 1. The lowest BCUT2D eigenvalue weighted by atomic mass is 9.77. The average molecular weight is 385 g/mol. The molecule has 2 aliphatic rings. The molecule has 1 aliphatic carbocycles. The summed E-state index contributed by atoms with van der Waals surface area (Å²) in [6.45, 7) is 2.95. The van der Waals surface area contributed by atoms with E-state index in [0.29, 0.717) is 43.1 Å². The second-order valence-electron chi connectivity index (χ2n) is 7.63. The molecule has 2 aromatic rings. The van der Waals surface area contributed by atoms with Gasteiger partial charge in [-0.1, -0.05) is 0 Å². The zero-order valence-corrected chi connectivity index (χ0v) is 15.9. The Bertz CT molecular complexity index is 879. The quantitative estimate of drug-likeness (QED) is 0.840. The smallest absolute Gasteiger partial charge is 0.223 e. The molecule has 2 N–H and O–H groups in total. The lowest BCUT2D eigenvalue weighted by Crippen LogP contribution is -2.41. The Morgan fingerprint density at radius 3 is 2.71 bits per heavy atom. The van der Waals surface area contributed by atoms with Gasteiger partial charge in [-0.3, -0.25) is 9.78 Å². The van der Waals surface area contributed by atoms with Crippen LogP contribution in [0.25, 0.3) is 11.3 Å². The Morgan fingerprint density at radius 1 is 1.32 bits per heavy atom. The lowest BCUT2D eigenvalue weighted by molar-refractivity contribution is -0.129. The van der Waals surface area contributed by atoms with Crippen molar-refractivity contribution in [1.82, 2.24) is 19.9 Å². The van der Waals surface area contributed by atoms with Gasteiger partial charge in [-0.25, -0.2) is 14.4 Å². The molecule has 28 heavy (non-hydrogen) atoms. The average Bonchev–Trinajstić information content (AvgIpc) is 2.68.